The van der Waals surface area contributed by atoms with Crippen molar-refractivity contribution < 1.29 is 22.7 Å². The third-order valence-corrected chi connectivity index (χ3v) is 1.32. The quantitative estimate of drug-likeness (QED) is 0.772. The van der Waals surface area contributed by atoms with Gasteiger partial charge in [-0.15, -0.1) is 13.2 Å². The molecule has 1 aromatic rings. The maximum Gasteiger partial charge on any atom is 0.573 e. The number of ether oxygens (including phenoxy) is 1. The molecule has 0 aliphatic carbocycles. The molecule has 14 heavy (non-hydrogen) atoms. The molecule has 0 atom stereocenters. The number of rotatable bonds is 3. The van der Waals surface area contributed by atoms with Crippen LogP contribution in [-0.2, 0) is 4.84 Å². The van der Waals surface area contributed by atoms with Crippen molar-refractivity contribution in [1.82, 2.24) is 0 Å². The Morgan fingerprint density at radius 3 is 2.43 bits per heavy atom. The lowest BCUT2D eigenvalue weighted by molar-refractivity contribution is -0.274. The lowest BCUT2D eigenvalue weighted by Crippen LogP contribution is -2.18. The third kappa shape index (κ3) is 3.14. The van der Waals surface area contributed by atoms with Crippen molar-refractivity contribution >= 4 is 5.69 Å². The summed E-state index contributed by atoms with van der Waals surface area (Å²) in [7, 11) is 1.30. The first-order chi connectivity index (χ1) is 6.53. The number of nitrogens with one attached hydrogen (secondary N) is 1. The number of halogens is 3. The first-order valence-corrected chi connectivity index (χ1v) is 3.66. The zero-order valence-electron chi connectivity index (χ0n) is 7.26. The third-order valence-electron chi connectivity index (χ3n) is 1.32. The number of hydrogen-bond donors (Lipinski definition) is 1. The molecule has 6 heteroatoms. The van der Waals surface area contributed by atoms with Crippen molar-refractivity contribution in [3.05, 3.63) is 24.3 Å². The molecule has 0 bridgehead atoms. The minimum atomic E-state index is -4.70. The summed E-state index contributed by atoms with van der Waals surface area (Å²) >= 11 is 0. The Morgan fingerprint density at radius 1 is 1.21 bits per heavy atom. The van der Waals surface area contributed by atoms with Crippen molar-refractivity contribution in [3.63, 3.8) is 0 Å². The largest absolute Gasteiger partial charge is 0.573 e. The molecule has 0 unspecified atom stereocenters. The van der Waals surface area contributed by atoms with Crippen LogP contribution in [0, 0.1) is 0 Å². The molecule has 1 aromatic carbocycles. The molecule has 0 amide bonds. The zero-order chi connectivity index (χ0) is 10.6. The number of benzene rings is 1. The number of anilines is 1. The Hall–Kier alpha value is -1.43. The van der Waals surface area contributed by atoms with Crippen molar-refractivity contribution in [1.29, 1.82) is 0 Å². The molecular formula is C8H8F3NO2. The molecule has 0 saturated heterocycles. The SMILES string of the molecule is CONc1ccccc1OC(F)(F)F. The van der Waals surface area contributed by atoms with E-state index in [0.29, 0.717) is 0 Å². The number of para-hydroxylation sites is 2. The Kier molecular flexibility index (Phi) is 3.19. The van der Waals surface area contributed by atoms with Gasteiger partial charge in [0.1, 0.15) is 5.69 Å². The summed E-state index contributed by atoms with van der Waals surface area (Å²) in [6, 6.07) is 5.59. The minimum absolute atomic E-state index is 0.118. The predicted molar refractivity (Wildman–Crippen MR) is 43.8 cm³/mol. The van der Waals surface area contributed by atoms with Gasteiger partial charge in [-0.3, -0.25) is 10.3 Å². The van der Waals surface area contributed by atoms with Crippen molar-refractivity contribution in [2.45, 2.75) is 6.36 Å². The van der Waals surface area contributed by atoms with Crippen LogP contribution in [0.2, 0.25) is 0 Å². The van der Waals surface area contributed by atoms with Gasteiger partial charge in [-0.1, -0.05) is 12.1 Å². The van der Waals surface area contributed by atoms with E-state index in [4.69, 9.17) is 0 Å². The van der Waals surface area contributed by atoms with Crippen molar-refractivity contribution in [3.8, 4) is 5.75 Å². The molecular weight excluding hydrogens is 199 g/mol. The summed E-state index contributed by atoms with van der Waals surface area (Å²) in [6.07, 6.45) is -4.70. The van der Waals surface area contributed by atoms with Crippen LogP contribution in [0.15, 0.2) is 24.3 Å². The first-order valence-electron chi connectivity index (χ1n) is 3.66. The maximum atomic E-state index is 11.9. The monoisotopic (exact) mass is 207 g/mol. The van der Waals surface area contributed by atoms with Crippen LogP contribution in [0.25, 0.3) is 0 Å². The van der Waals surface area contributed by atoms with Crippen LogP contribution >= 0.6 is 0 Å². The second-order valence-corrected chi connectivity index (χ2v) is 2.35. The fourth-order valence-corrected chi connectivity index (χ4v) is 0.875. The summed E-state index contributed by atoms with van der Waals surface area (Å²) in [4.78, 5) is 4.49. The van der Waals surface area contributed by atoms with Crippen LogP contribution in [-0.4, -0.2) is 13.5 Å². The van der Waals surface area contributed by atoms with Crippen LogP contribution < -0.4 is 10.2 Å². The van der Waals surface area contributed by atoms with Gasteiger partial charge in [-0.2, -0.15) is 0 Å². The van der Waals surface area contributed by atoms with Crippen LogP contribution in [0.5, 0.6) is 5.75 Å². The number of alkyl halides is 3. The highest BCUT2D eigenvalue weighted by Crippen LogP contribution is 2.29. The second kappa shape index (κ2) is 4.19. The van der Waals surface area contributed by atoms with Gasteiger partial charge in [-0.25, -0.2) is 0 Å². The van der Waals surface area contributed by atoms with Gasteiger partial charge in [0.2, 0.25) is 0 Å². The standard InChI is InChI=1S/C8H8F3NO2/c1-13-12-6-4-2-3-5-7(6)14-8(9,10)11/h2-5,12H,1H3. The summed E-state index contributed by atoms with van der Waals surface area (Å²) in [5, 5.41) is 0. The Labute approximate surface area is 78.4 Å². The molecule has 0 saturated carbocycles. The normalized spacial score (nSPS) is 11.1. The fourth-order valence-electron chi connectivity index (χ4n) is 0.875. The predicted octanol–water partition coefficient (Wildman–Crippen LogP) is 2.56. The average molecular weight is 207 g/mol. The molecule has 78 valence electrons. The van der Waals surface area contributed by atoms with E-state index in [9.17, 15) is 13.2 Å². The highest BCUT2D eigenvalue weighted by atomic mass is 19.4. The topological polar surface area (TPSA) is 30.5 Å². The molecule has 0 fully saturated rings. The minimum Gasteiger partial charge on any atom is -0.403 e. The van der Waals surface area contributed by atoms with E-state index >= 15 is 0 Å². The van der Waals surface area contributed by atoms with Gasteiger partial charge < -0.3 is 4.74 Å². The summed E-state index contributed by atoms with van der Waals surface area (Å²) < 4.78 is 39.4. The van der Waals surface area contributed by atoms with Crippen LogP contribution in [0.4, 0.5) is 18.9 Å². The lowest BCUT2D eigenvalue weighted by Gasteiger charge is -2.12. The number of hydrogen-bond acceptors (Lipinski definition) is 3. The van der Waals surface area contributed by atoms with E-state index in [1.165, 1.54) is 25.3 Å². The van der Waals surface area contributed by atoms with Crippen LogP contribution in [0.1, 0.15) is 0 Å². The Bertz CT molecular complexity index is 301. The van der Waals surface area contributed by atoms with E-state index in [-0.39, 0.29) is 11.4 Å². The van der Waals surface area contributed by atoms with Crippen LogP contribution in [0.3, 0.4) is 0 Å². The van der Waals surface area contributed by atoms with Gasteiger partial charge >= 0.3 is 6.36 Å². The summed E-state index contributed by atoms with van der Waals surface area (Å²) in [5.41, 5.74) is 2.39. The maximum absolute atomic E-state index is 11.9. The lowest BCUT2D eigenvalue weighted by atomic mass is 10.3. The van der Waals surface area contributed by atoms with Gasteiger partial charge in [-0.05, 0) is 12.1 Å². The van der Waals surface area contributed by atoms with Gasteiger partial charge in [0.25, 0.3) is 0 Å². The molecule has 0 spiro atoms. The molecule has 0 heterocycles. The van der Waals surface area contributed by atoms with Crippen molar-refractivity contribution in [2.75, 3.05) is 12.6 Å². The summed E-state index contributed by atoms with van der Waals surface area (Å²) in [5.74, 6) is -0.332. The van der Waals surface area contributed by atoms with E-state index in [1.807, 2.05) is 0 Å². The average Bonchev–Trinajstić information content (AvgIpc) is 2.06. The molecule has 0 aromatic heterocycles. The van der Waals surface area contributed by atoms with E-state index in [2.05, 4.69) is 15.1 Å². The van der Waals surface area contributed by atoms with E-state index in [1.54, 1.807) is 6.07 Å². The van der Waals surface area contributed by atoms with E-state index < -0.39 is 6.36 Å². The van der Waals surface area contributed by atoms with E-state index in [0.717, 1.165) is 0 Å². The van der Waals surface area contributed by atoms with Crippen molar-refractivity contribution in [2.24, 2.45) is 0 Å². The Balaban J connectivity index is 2.84. The molecule has 0 aliphatic rings. The highest BCUT2D eigenvalue weighted by Gasteiger charge is 2.32. The smallest absolute Gasteiger partial charge is 0.403 e. The molecule has 0 radical (unpaired) electrons. The Morgan fingerprint density at radius 2 is 1.86 bits per heavy atom. The van der Waals surface area contributed by atoms with Gasteiger partial charge in [0.05, 0.1) is 7.11 Å². The first kappa shape index (κ1) is 10.6. The van der Waals surface area contributed by atoms with Gasteiger partial charge in [0.15, 0.2) is 5.75 Å². The fraction of sp³-hybridized carbons (Fsp3) is 0.250. The molecule has 0 aliphatic heterocycles. The summed E-state index contributed by atoms with van der Waals surface area (Å²) in [6.45, 7) is 0. The van der Waals surface area contributed by atoms with Gasteiger partial charge in [0, 0.05) is 0 Å². The molecule has 1 N–H and O–H groups in total. The zero-order valence-corrected chi connectivity index (χ0v) is 7.26. The molecule has 3 nitrogen and oxygen atoms in total. The highest BCUT2D eigenvalue weighted by molar-refractivity contribution is 5.54. The second-order valence-electron chi connectivity index (χ2n) is 2.35. The molecule has 1 rings (SSSR count).